The molecule has 0 aliphatic heterocycles. The first-order valence-corrected chi connectivity index (χ1v) is 10.2. The van der Waals surface area contributed by atoms with E-state index in [-0.39, 0.29) is 18.2 Å². The van der Waals surface area contributed by atoms with Crippen LogP contribution in [0.25, 0.3) is 0 Å². The molecule has 0 heterocycles. The van der Waals surface area contributed by atoms with Crippen LogP contribution in [0, 0.1) is 11.6 Å². The summed E-state index contributed by atoms with van der Waals surface area (Å²) in [6, 6.07) is 16.3. The van der Waals surface area contributed by atoms with Crippen molar-refractivity contribution in [3.8, 4) is 11.5 Å². The van der Waals surface area contributed by atoms with E-state index in [1.807, 2.05) is 13.0 Å². The van der Waals surface area contributed by atoms with Gasteiger partial charge in [0, 0.05) is 17.6 Å². The predicted octanol–water partition coefficient (Wildman–Crippen LogP) is 5.93. The summed E-state index contributed by atoms with van der Waals surface area (Å²) in [5.41, 5.74) is 2.81. The summed E-state index contributed by atoms with van der Waals surface area (Å²) in [5.74, 6) is 0.636. The summed E-state index contributed by atoms with van der Waals surface area (Å²) in [4.78, 5) is 0. The second kappa shape index (κ2) is 11.0. The van der Waals surface area contributed by atoms with Crippen molar-refractivity contribution >= 4 is 11.6 Å². The molecule has 158 valence electrons. The van der Waals surface area contributed by atoms with Crippen LogP contribution in [0.4, 0.5) is 8.78 Å². The van der Waals surface area contributed by atoms with E-state index in [0.717, 1.165) is 29.7 Å². The Hall–Kier alpha value is -2.63. The van der Waals surface area contributed by atoms with E-state index >= 15 is 0 Å². The van der Waals surface area contributed by atoms with E-state index < -0.39 is 0 Å². The molecular weight excluding hydrogens is 408 g/mol. The fourth-order valence-electron chi connectivity index (χ4n) is 2.94. The quantitative estimate of drug-likeness (QED) is 0.404. The van der Waals surface area contributed by atoms with Crippen LogP contribution in [-0.4, -0.2) is 13.2 Å². The lowest BCUT2D eigenvalue weighted by Gasteiger charge is -2.15. The zero-order chi connectivity index (χ0) is 21.3. The van der Waals surface area contributed by atoms with Crippen LogP contribution < -0.4 is 14.8 Å². The van der Waals surface area contributed by atoms with E-state index in [9.17, 15) is 8.78 Å². The Labute approximate surface area is 180 Å². The molecule has 0 aliphatic carbocycles. The Bertz CT molecular complexity index is 947. The standard InChI is InChI=1S/C24H24ClF2NO2/c1-2-29-23-13-19(15-28-12-11-17-3-7-20(26)8-4-17)22(25)14-24(23)30-16-18-5-9-21(27)10-6-18/h3-10,13-14,28H,2,11-12,15-16H2,1H3. The minimum Gasteiger partial charge on any atom is -0.490 e. The molecule has 0 unspecified atom stereocenters. The molecule has 0 saturated carbocycles. The number of ether oxygens (including phenoxy) is 2. The summed E-state index contributed by atoms with van der Waals surface area (Å²) in [6.07, 6.45) is 0.787. The minimum absolute atomic E-state index is 0.233. The van der Waals surface area contributed by atoms with Gasteiger partial charge in [-0.05, 0) is 66.9 Å². The Morgan fingerprint density at radius 1 is 0.833 bits per heavy atom. The van der Waals surface area contributed by atoms with Crippen LogP contribution >= 0.6 is 11.6 Å². The Morgan fingerprint density at radius 2 is 1.43 bits per heavy atom. The maximum Gasteiger partial charge on any atom is 0.163 e. The van der Waals surface area contributed by atoms with Gasteiger partial charge in [-0.1, -0.05) is 35.9 Å². The fraction of sp³-hybridized carbons (Fsp3) is 0.250. The van der Waals surface area contributed by atoms with Crippen molar-refractivity contribution in [2.75, 3.05) is 13.2 Å². The molecule has 0 fully saturated rings. The third kappa shape index (κ3) is 6.44. The first-order valence-electron chi connectivity index (χ1n) is 9.82. The second-order valence-corrected chi connectivity index (χ2v) is 7.20. The maximum absolute atomic E-state index is 13.1. The molecule has 0 bridgehead atoms. The second-order valence-electron chi connectivity index (χ2n) is 6.79. The van der Waals surface area contributed by atoms with Crippen molar-refractivity contribution in [3.05, 3.63) is 94.0 Å². The molecule has 6 heteroatoms. The normalized spacial score (nSPS) is 10.8. The van der Waals surface area contributed by atoms with E-state index in [0.29, 0.717) is 29.7 Å². The van der Waals surface area contributed by atoms with Gasteiger partial charge in [-0.15, -0.1) is 0 Å². The molecule has 3 nitrogen and oxygen atoms in total. The van der Waals surface area contributed by atoms with Gasteiger partial charge in [-0.2, -0.15) is 0 Å². The first kappa shape index (κ1) is 22.1. The van der Waals surface area contributed by atoms with Gasteiger partial charge in [0.1, 0.15) is 18.2 Å². The third-order valence-corrected chi connectivity index (χ3v) is 4.89. The molecule has 0 aromatic heterocycles. The lowest BCUT2D eigenvalue weighted by molar-refractivity contribution is 0.269. The van der Waals surface area contributed by atoms with E-state index in [1.54, 1.807) is 30.3 Å². The van der Waals surface area contributed by atoms with Crippen molar-refractivity contribution in [1.82, 2.24) is 5.32 Å². The largest absolute Gasteiger partial charge is 0.490 e. The van der Waals surface area contributed by atoms with E-state index in [1.165, 1.54) is 24.3 Å². The van der Waals surface area contributed by atoms with Gasteiger partial charge >= 0.3 is 0 Å². The van der Waals surface area contributed by atoms with Crippen molar-refractivity contribution in [2.45, 2.75) is 26.5 Å². The summed E-state index contributed by atoms with van der Waals surface area (Å²) in [7, 11) is 0. The molecule has 3 rings (SSSR count). The highest BCUT2D eigenvalue weighted by atomic mass is 35.5. The smallest absolute Gasteiger partial charge is 0.163 e. The van der Waals surface area contributed by atoms with Gasteiger partial charge in [0.25, 0.3) is 0 Å². The topological polar surface area (TPSA) is 30.5 Å². The number of hydrogen-bond acceptors (Lipinski definition) is 3. The number of benzene rings is 3. The number of hydrogen-bond donors (Lipinski definition) is 1. The molecule has 3 aromatic carbocycles. The molecule has 0 amide bonds. The summed E-state index contributed by atoms with van der Waals surface area (Å²) in [5, 5.41) is 3.92. The van der Waals surface area contributed by atoms with Gasteiger partial charge in [0.15, 0.2) is 11.5 Å². The number of halogens is 3. The average molecular weight is 432 g/mol. The highest BCUT2D eigenvalue weighted by molar-refractivity contribution is 6.31. The van der Waals surface area contributed by atoms with Gasteiger partial charge in [0.2, 0.25) is 0 Å². The molecule has 0 atom stereocenters. The van der Waals surface area contributed by atoms with Crippen molar-refractivity contribution in [2.24, 2.45) is 0 Å². The molecular formula is C24H24ClF2NO2. The Balaban J connectivity index is 1.60. The zero-order valence-electron chi connectivity index (χ0n) is 16.8. The lowest BCUT2D eigenvalue weighted by Crippen LogP contribution is -2.17. The van der Waals surface area contributed by atoms with Gasteiger partial charge in [-0.3, -0.25) is 0 Å². The average Bonchev–Trinajstić information content (AvgIpc) is 2.74. The van der Waals surface area contributed by atoms with Crippen LogP contribution in [-0.2, 0) is 19.6 Å². The van der Waals surface area contributed by atoms with Crippen molar-refractivity contribution in [1.29, 1.82) is 0 Å². The number of rotatable bonds is 10. The van der Waals surface area contributed by atoms with Crippen LogP contribution in [0.15, 0.2) is 60.7 Å². The van der Waals surface area contributed by atoms with Crippen molar-refractivity contribution in [3.63, 3.8) is 0 Å². The van der Waals surface area contributed by atoms with Gasteiger partial charge in [-0.25, -0.2) is 8.78 Å². The van der Waals surface area contributed by atoms with Crippen LogP contribution in [0.2, 0.25) is 5.02 Å². The molecule has 30 heavy (non-hydrogen) atoms. The monoisotopic (exact) mass is 431 g/mol. The third-order valence-electron chi connectivity index (χ3n) is 4.54. The Kier molecular flexibility index (Phi) is 8.05. The SMILES string of the molecule is CCOc1cc(CNCCc2ccc(F)cc2)c(Cl)cc1OCc1ccc(F)cc1. The van der Waals surface area contributed by atoms with E-state index in [4.69, 9.17) is 21.1 Å². The molecule has 0 saturated heterocycles. The van der Waals surface area contributed by atoms with Gasteiger partial charge in [0.05, 0.1) is 6.61 Å². The molecule has 0 aliphatic rings. The summed E-state index contributed by atoms with van der Waals surface area (Å²) in [6.45, 7) is 3.98. The first-order chi connectivity index (χ1) is 14.5. The minimum atomic E-state index is -0.284. The highest BCUT2D eigenvalue weighted by Crippen LogP contribution is 2.34. The molecule has 0 spiro atoms. The summed E-state index contributed by atoms with van der Waals surface area (Å²) < 4.78 is 37.6. The van der Waals surface area contributed by atoms with Gasteiger partial charge < -0.3 is 14.8 Å². The lowest BCUT2D eigenvalue weighted by atomic mass is 10.1. The predicted molar refractivity (Wildman–Crippen MR) is 115 cm³/mol. The van der Waals surface area contributed by atoms with E-state index in [2.05, 4.69) is 5.32 Å². The Morgan fingerprint density at radius 3 is 2.07 bits per heavy atom. The van der Waals surface area contributed by atoms with Crippen LogP contribution in [0.5, 0.6) is 11.5 Å². The summed E-state index contributed by atoms with van der Waals surface area (Å²) >= 11 is 6.45. The van der Waals surface area contributed by atoms with Crippen LogP contribution in [0.1, 0.15) is 23.6 Å². The molecule has 3 aromatic rings. The zero-order valence-corrected chi connectivity index (χ0v) is 17.5. The fourth-order valence-corrected chi connectivity index (χ4v) is 3.16. The number of nitrogens with one attached hydrogen (secondary N) is 1. The maximum atomic E-state index is 13.1. The van der Waals surface area contributed by atoms with Crippen LogP contribution in [0.3, 0.4) is 0 Å². The van der Waals surface area contributed by atoms with Crippen molar-refractivity contribution < 1.29 is 18.3 Å². The molecule has 1 N–H and O–H groups in total. The highest BCUT2D eigenvalue weighted by Gasteiger charge is 2.12. The molecule has 0 radical (unpaired) electrons.